The van der Waals surface area contributed by atoms with Gasteiger partial charge < -0.3 is 38.3 Å². The minimum atomic E-state index is -1.25. The van der Waals surface area contributed by atoms with Gasteiger partial charge in [-0.3, -0.25) is 19.4 Å². The van der Waals surface area contributed by atoms with Crippen molar-refractivity contribution in [2.75, 3.05) is 18.8 Å². The number of carbonyl (C=O) groups is 4. The first-order valence-electron chi connectivity index (χ1n) is 11.6. The molecule has 0 bridgehead atoms. The molecule has 0 fully saturated rings. The lowest BCUT2D eigenvalue weighted by Crippen LogP contribution is -2.54. The highest BCUT2D eigenvalue weighted by atomic mass is 32.1. The van der Waals surface area contributed by atoms with E-state index in [0.29, 0.717) is 13.0 Å². The van der Waals surface area contributed by atoms with Crippen LogP contribution < -0.4 is 33.2 Å². The predicted molar refractivity (Wildman–Crippen MR) is 144 cm³/mol. The number of fused-ring (bicyclic) bond motifs is 1. The molecule has 0 saturated carbocycles. The molecular formula is C24H33N7O5S. The van der Waals surface area contributed by atoms with Gasteiger partial charge in [0.1, 0.15) is 12.1 Å². The second kappa shape index (κ2) is 14.7. The molecule has 0 heterocycles. The van der Waals surface area contributed by atoms with E-state index in [1.807, 2.05) is 42.5 Å². The van der Waals surface area contributed by atoms with Gasteiger partial charge in [-0.1, -0.05) is 42.5 Å². The van der Waals surface area contributed by atoms with Crippen LogP contribution in [0.2, 0.25) is 0 Å². The SMILES string of the molecule is NC(N)=NCCC[C@@H](N)C(=O)N[C@@H](Cc1ccc2ccccc2c1)C(=O)NCC(=O)N[C@H](CS)C(=O)O. The van der Waals surface area contributed by atoms with Gasteiger partial charge in [0.05, 0.1) is 12.6 Å². The molecule has 200 valence electrons. The van der Waals surface area contributed by atoms with Crippen molar-refractivity contribution in [1.82, 2.24) is 16.0 Å². The lowest BCUT2D eigenvalue weighted by atomic mass is 10.0. The van der Waals surface area contributed by atoms with E-state index in [1.54, 1.807) is 0 Å². The van der Waals surface area contributed by atoms with Crippen LogP contribution in [0, 0.1) is 0 Å². The fourth-order valence-electron chi connectivity index (χ4n) is 3.46. The summed E-state index contributed by atoms with van der Waals surface area (Å²) < 4.78 is 0. The predicted octanol–water partition coefficient (Wildman–Crippen LogP) is -1.14. The molecule has 2 rings (SSSR count). The van der Waals surface area contributed by atoms with Gasteiger partial charge in [-0.05, 0) is 29.2 Å². The number of hydrogen-bond donors (Lipinski definition) is 8. The third-order valence-corrected chi connectivity index (χ3v) is 5.80. The first-order valence-corrected chi connectivity index (χ1v) is 12.2. The van der Waals surface area contributed by atoms with E-state index in [-0.39, 0.29) is 24.6 Å². The van der Waals surface area contributed by atoms with Crippen molar-refractivity contribution in [3.05, 3.63) is 48.0 Å². The van der Waals surface area contributed by atoms with Crippen LogP contribution in [0.1, 0.15) is 18.4 Å². The van der Waals surface area contributed by atoms with Crippen molar-refractivity contribution in [3.63, 3.8) is 0 Å². The summed E-state index contributed by atoms with van der Waals surface area (Å²) >= 11 is 3.89. The highest BCUT2D eigenvalue weighted by Crippen LogP contribution is 2.17. The van der Waals surface area contributed by atoms with E-state index in [2.05, 4.69) is 33.6 Å². The summed E-state index contributed by atoms with van der Waals surface area (Å²) in [7, 11) is 0. The van der Waals surface area contributed by atoms with E-state index in [9.17, 15) is 19.2 Å². The summed E-state index contributed by atoms with van der Waals surface area (Å²) in [4.78, 5) is 52.8. The molecule has 0 aromatic heterocycles. The molecule has 2 aromatic rings. The van der Waals surface area contributed by atoms with Crippen molar-refractivity contribution >= 4 is 53.1 Å². The number of thiol groups is 1. The number of aliphatic carboxylic acids is 1. The highest BCUT2D eigenvalue weighted by Gasteiger charge is 2.25. The lowest BCUT2D eigenvalue weighted by molar-refractivity contribution is -0.141. The second-order valence-corrected chi connectivity index (χ2v) is 8.73. The number of hydrogen-bond acceptors (Lipinski definition) is 7. The van der Waals surface area contributed by atoms with Gasteiger partial charge in [-0.2, -0.15) is 12.6 Å². The Morgan fingerprint density at radius 3 is 2.32 bits per heavy atom. The monoisotopic (exact) mass is 531 g/mol. The summed E-state index contributed by atoms with van der Waals surface area (Å²) in [5, 5.41) is 18.4. The van der Waals surface area contributed by atoms with Crippen LogP contribution in [0.4, 0.5) is 0 Å². The van der Waals surface area contributed by atoms with Crippen LogP contribution in [0.15, 0.2) is 47.5 Å². The smallest absolute Gasteiger partial charge is 0.327 e. The van der Waals surface area contributed by atoms with Gasteiger partial charge in [0.15, 0.2) is 5.96 Å². The molecule has 0 aliphatic heterocycles. The van der Waals surface area contributed by atoms with Crippen LogP contribution in [0.5, 0.6) is 0 Å². The molecule has 0 spiro atoms. The number of carbonyl (C=O) groups excluding carboxylic acids is 3. The lowest BCUT2D eigenvalue weighted by Gasteiger charge is -2.21. The first kappa shape index (κ1) is 29.4. The Labute approximate surface area is 219 Å². The van der Waals surface area contributed by atoms with E-state index in [1.165, 1.54) is 0 Å². The summed E-state index contributed by atoms with van der Waals surface area (Å²) in [6.45, 7) is -0.173. The summed E-state index contributed by atoms with van der Waals surface area (Å²) in [5.41, 5.74) is 17.3. The van der Waals surface area contributed by atoms with E-state index >= 15 is 0 Å². The van der Waals surface area contributed by atoms with E-state index < -0.39 is 48.4 Å². The number of rotatable bonds is 14. The molecule has 12 nitrogen and oxygen atoms in total. The number of nitrogens with zero attached hydrogens (tertiary/aromatic N) is 1. The van der Waals surface area contributed by atoms with Gasteiger partial charge in [0, 0.05) is 18.7 Å². The molecule has 0 saturated heterocycles. The van der Waals surface area contributed by atoms with E-state index in [0.717, 1.165) is 16.3 Å². The van der Waals surface area contributed by atoms with Crippen LogP contribution >= 0.6 is 12.6 Å². The highest BCUT2D eigenvalue weighted by molar-refractivity contribution is 7.80. The zero-order chi connectivity index (χ0) is 27.4. The van der Waals surface area contributed by atoms with Gasteiger partial charge in [-0.15, -0.1) is 0 Å². The minimum absolute atomic E-state index is 0.0572. The Hall–Kier alpha value is -3.84. The average Bonchev–Trinajstić information content (AvgIpc) is 2.87. The Morgan fingerprint density at radius 2 is 1.68 bits per heavy atom. The van der Waals surface area contributed by atoms with Gasteiger partial charge in [0.25, 0.3) is 0 Å². The number of aliphatic imine (C=N–C) groups is 1. The molecule has 0 unspecified atom stereocenters. The summed E-state index contributed by atoms with van der Waals surface area (Å²) in [6.07, 6.45) is 0.888. The molecular weight excluding hydrogens is 498 g/mol. The molecule has 0 aliphatic rings. The quantitative estimate of drug-likeness (QED) is 0.0644. The minimum Gasteiger partial charge on any atom is -0.480 e. The number of carboxylic acid groups (broad SMARTS) is 1. The number of guanidine groups is 1. The van der Waals surface area contributed by atoms with Crippen molar-refractivity contribution in [1.29, 1.82) is 0 Å². The van der Waals surface area contributed by atoms with Gasteiger partial charge >= 0.3 is 5.97 Å². The van der Waals surface area contributed by atoms with Crippen molar-refractivity contribution in [2.24, 2.45) is 22.2 Å². The summed E-state index contributed by atoms with van der Waals surface area (Å²) in [5.74, 6) is -3.29. The molecule has 0 radical (unpaired) electrons. The number of amides is 3. The third-order valence-electron chi connectivity index (χ3n) is 5.43. The van der Waals surface area contributed by atoms with Gasteiger partial charge in [-0.25, -0.2) is 4.79 Å². The van der Waals surface area contributed by atoms with Crippen molar-refractivity contribution < 1.29 is 24.3 Å². The van der Waals surface area contributed by atoms with Crippen LogP contribution in [0.25, 0.3) is 10.8 Å². The Bertz CT molecular complexity index is 1140. The number of nitrogens with two attached hydrogens (primary N) is 3. The fourth-order valence-corrected chi connectivity index (χ4v) is 3.71. The topological polar surface area (TPSA) is 215 Å². The normalized spacial score (nSPS) is 13.1. The molecule has 10 N–H and O–H groups in total. The largest absolute Gasteiger partial charge is 0.480 e. The standard InChI is InChI=1S/C24H33N7O5S/c25-17(6-3-9-28-24(26)27)21(33)31-18(11-14-7-8-15-4-1-2-5-16(15)10-14)22(34)29-12-20(32)30-19(13-37)23(35)36/h1-2,4-5,7-8,10,17-19,37H,3,6,9,11-13,25H2,(H,29,34)(H,30,32)(H,31,33)(H,35,36)(H4,26,27,28)/t17-,18+,19-/m1/s1. The summed E-state index contributed by atoms with van der Waals surface area (Å²) in [6, 6.07) is 10.2. The van der Waals surface area contributed by atoms with Crippen molar-refractivity contribution in [2.45, 2.75) is 37.4 Å². The first-order chi connectivity index (χ1) is 17.6. The maximum absolute atomic E-state index is 13.0. The molecule has 2 aromatic carbocycles. The average molecular weight is 532 g/mol. The Kier molecular flexibility index (Phi) is 11.6. The maximum Gasteiger partial charge on any atom is 0.327 e. The fraction of sp³-hybridized carbons (Fsp3) is 0.375. The zero-order valence-electron chi connectivity index (χ0n) is 20.2. The number of nitrogens with one attached hydrogen (secondary N) is 3. The number of carboxylic acids is 1. The van der Waals surface area contributed by atoms with E-state index in [4.69, 9.17) is 22.3 Å². The maximum atomic E-state index is 13.0. The van der Waals surface area contributed by atoms with Crippen LogP contribution in [-0.2, 0) is 25.6 Å². The van der Waals surface area contributed by atoms with Crippen LogP contribution in [-0.4, -0.2) is 71.7 Å². The van der Waals surface area contributed by atoms with Crippen LogP contribution in [0.3, 0.4) is 0 Å². The Balaban J connectivity index is 2.09. The molecule has 13 heteroatoms. The third kappa shape index (κ3) is 9.97. The van der Waals surface area contributed by atoms with Crippen molar-refractivity contribution in [3.8, 4) is 0 Å². The second-order valence-electron chi connectivity index (χ2n) is 8.36. The molecule has 3 amide bonds. The zero-order valence-corrected chi connectivity index (χ0v) is 21.1. The molecule has 37 heavy (non-hydrogen) atoms. The number of benzene rings is 2. The molecule has 0 aliphatic carbocycles. The molecule has 3 atom stereocenters. The Morgan fingerprint density at radius 1 is 0.973 bits per heavy atom. The van der Waals surface area contributed by atoms with Gasteiger partial charge in [0.2, 0.25) is 17.7 Å².